The van der Waals surface area contributed by atoms with Gasteiger partial charge >= 0.3 is 0 Å². The molecule has 3 rings (SSSR count). The van der Waals surface area contributed by atoms with Crippen LogP contribution in [0.5, 0.6) is 5.75 Å². The lowest BCUT2D eigenvalue weighted by Crippen LogP contribution is -2.26. The van der Waals surface area contributed by atoms with Crippen LogP contribution in [0.3, 0.4) is 0 Å². The number of ether oxygens (including phenoxy) is 1. The molecule has 0 aliphatic rings. The summed E-state index contributed by atoms with van der Waals surface area (Å²) in [5.41, 5.74) is 0.885. The molecule has 0 fully saturated rings. The first-order valence-electron chi connectivity index (χ1n) is 6.96. The Morgan fingerprint density at radius 2 is 1.83 bits per heavy atom. The minimum Gasteiger partial charge on any atom is -0.495 e. The molecule has 1 aromatic heterocycles. The van der Waals surface area contributed by atoms with Crippen molar-refractivity contribution in [1.29, 1.82) is 0 Å². The van der Waals surface area contributed by atoms with Gasteiger partial charge in [-0.3, -0.25) is 0 Å². The minimum absolute atomic E-state index is 0.158. The topological polar surface area (TPSA) is 59.5 Å². The van der Waals surface area contributed by atoms with E-state index in [1.54, 1.807) is 31.3 Å². The van der Waals surface area contributed by atoms with Crippen molar-refractivity contribution in [2.75, 3.05) is 14.2 Å². The molecule has 0 amide bonds. The van der Waals surface area contributed by atoms with E-state index in [4.69, 9.17) is 4.74 Å². The van der Waals surface area contributed by atoms with Crippen LogP contribution in [0.15, 0.2) is 53.4 Å². The normalized spacial score (nSPS) is 12.0. The van der Waals surface area contributed by atoms with E-state index < -0.39 is 10.0 Å². The zero-order valence-electron chi connectivity index (χ0n) is 12.8. The van der Waals surface area contributed by atoms with E-state index in [2.05, 4.69) is 4.98 Å². The SMILES string of the molecule is COc1ccccc1S(=O)(=O)N(C)Cc1nc2ccccc2s1. The molecule has 0 N–H and O–H groups in total. The van der Waals surface area contributed by atoms with Crippen molar-refractivity contribution < 1.29 is 13.2 Å². The van der Waals surface area contributed by atoms with Gasteiger partial charge in [-0.25, -0.2) is 13.4 Å². The first-order valence-corrected chi connectivity index (χ1v) is 9.22. The van der Waals surface area contributed by atoms with Crippen molar-refractivity contribution in [3.8, 4) is 5.75 Å². The summed E-state index contributed by atoms with van der Waals surface area (Å²) in [6, 6.07) is 14.4. The number of aromatic nitrogens is 1. The first-order chi connectivity index (χ1) is 11.0. The molecule has 0 aliphatic carbocycles. The monoisotopic (exact) mass is 348 g/mol. The fourth-order valence-corrected chi connectivity index (χ4v) is 4.65. The van der Waals surface area contributed by atoms with Gasteiger partial charge in [-0.1, -0.05) is 24.3 Å². The van der Waals surface area contributed by atoms with Crippen LogP contribution in [-0.4, -0.2) is 31.9 Å². The standard InChI is InChI=1S/C16H16N2O3S2/c1-18(11-16-17-12-7-3-5-9-14(12)22-16)23(19,20)15-10-6-4-8-13(15)21-2/h3-10H,11H2,1-2H3. The number of hydrogen-bond donors (Lipinski definition) is 0. The number of fused-ring (bicyclic) bond motifs is 1. The number of hydrogen-bond acceptors (Lipinski definition) is 5. The molecule has 0 radical (unpaired) electrons. The van der Waals surface area contributed by atoms with Crippen LogP contribution >= 0.6 is 11.3 Å². The Morgan fingerprint density at radius 3 is 2.57 bits per heavy atom. The summed E-state index contributed by atoms with van der Waals surface area (Å²) in [5, 5.41) is 0.757. The lowest BCUT2D eigenvalue weighted by Gasteiger charge is -2.17. The molecule has 0 spiro atoms. The molecule has 0 saturated carbocycles. The number of nitrogens with zero attached hydrogens (tertiary/aromatic N) is 2. The largest absolute Gasteiger partial charge is 0.495 e. The van der Waals surface area contributed by atoms with Crippen molar-refractivity contribution >= 4 is 31.6 Å². The Hall–Kier alpha value is -1.96. The van der Waals surface area contributed by atoms with Crippen LogP contribution in [0.4, 0.5) is 0 Å². The van der Waals surface area contributed by atoms with E-state index >= 15 is 0 Å². The predicted octanol–water partition coefficient (Wildman–Crippen LogP) is 3.13. The summed E-state index contributed by atoms with van der Waals surface area (Å²) in [6.07, 6.45) is 0. The maximum absolute atomic E-state index is 12.8. The highest BCUT2D eigenvalue weighted by Crippen LogP contribution is 2.28. The number of rotatable bonds is 5. The highest BCUT2D eigenvalue weighted by atomic mass is 32.2. The van der Waals surface area contributed by atoms with Crippen LogP contribution in [0.2, 0.25) is 0 Å². The molecule has 7 heteroatoms. The van der Waals surface area contributed by atoms with E-state index in [0.717, 1.165) is 15.2 Å². The molecule has 3 aromatic rings. The summed E-state index contributed by atoms with van der Waals surface area (Å²) in [4.78, 5) is 4.64. The van der Waals surface area contributed by atoms with Crippen LogP contribution in [0, 0.1) is 0 Å². The van der Waals surface area contributed by atoms with Gasteiger partial charge in [-0.05, 0) is 24.3 Å². The third-order valence-electron chi connectivity index (χ3n) is 3.45. The lowest BCUT2D eigenvalue weighted by molar-refractivity contribution is 0.397. The van der Waals surface area contributed by atoms with Crippen molar-refractivity contribution in [1.82, 2.24) is 9.29 Å². The number of sulfonamides is 1. The Labute approximate surface area is 139 Å². The van der Waals surface area contributed by atoms with Gasteiger partial charge in [-0.15, -0.1) is 11.3 Å². The molecule has 0 atom stereocenters. The molecule has 23 heavy (non-hydrogen) atoms. The molecule has 2 aromatic carbocycles. The third kappa shape index (κ3) is 3.08. The van der Waals surface area contributed by atoms with Gasteiger partial charge in [0, 0.05) is 7.05 Å². The lowest BCUT2D eigenvalue weighted by atomic mass is 10.3. The molecule has 0 unspecified atom stereocenters. The Balaban J connectivity index is 1.90. The average Bonchev–Trinajstić information content (AvgIpc) is 2.96. The molecule has 0 saturated heterocycles. The summed E-state index contributed by atoms with van der Waals surface area (Å²) in [7, 11) is -0.633. The highest BCUT2D eigenvalue weighted by molar-refractivity contribution is 7.89. The van der Waals surface area contributed by atoms with Crippen molar-refractivity contribution in [2.45, 2.75) is 11.4 Å². The molecule has 5 nitrogen and oxygen atoms in total. The van der Waals surface area contributed by atoms with Crippen LogP contribution in [0.25, 0.3) is 10.2 Å². The molecular weight excluding hydrogens is 332 g/mol. The predicted molar refractivity (Wildman–Crippen MR) is 91.3 cm³/mol. The van der Waals surface area contributed by atoms with E-state index in [-0.39, 0.29) is 11.4 Å². The van der Waals surface area contributed by atoms with Gasteiger partial charge in [0.25, 0.3) is 0 Å². The number of para-hydroxylation sites is 2. The van der Waals surface area contributed by atoms with Crippen LogP contribution < -0.4 is 4.74 Å². The zero-order valence-corrected chi connectivity index (χ0v) is 14.4. The fraction of sp³-hybridized carbons (Fsp3) is 0.188. The van der Waals surface area contributed by atoms with E-state index in [1.165, 1.54) is 22.8 Å². The maximum Gasteiger partial charge on any atom is 0.246 e. The van der Waals surface area contributed by atoms with Gasteiger partial charge < -0.3 is 4.74 Å². The van der Waals surface area contributed by atoms with E-state index in [9.17, 15) is 8.42 Å². The van der Waals surface area contributed by atoms with E-state index in [1.807, 2.05) is 24.3 Å². The summed E-state index contributed by atoms with van der Waals surface area (Å²) in [6.45, 7) is 0.222. The third-order valence-corrected chi connectivity index (χ3v) is 6.32. The number of benzene rings is 2. The summed E-state index contributed by atoms with van der Waals surface area (Å²) < 4.78 is 33.0. The quantitative estimate of drug-likeness (QED) is 0.711. The molecule has 1 heterocycles. The van der Waals surface area contributed by atoms with Gasteiger partial charge in [0.2, 0.25) is 10.0 Å². The molecule has 0 aliphatic heterocycles. The second-order valence-corrected chi connectivity index (χ2v) is 8.12. The second-order valence-electron chi connectivity index (χ2n) is 4.99. The molecule has 0 bridgehead atoms. The van der Waals surface area contributed by atoms with Crippen LogP contribution in [-0.2, 0) is 16.6 Å². The number of thiazole rings is 1. The second kappa shape index (κ2) is 6.27. The molecule has 120 valence electrons. The maximum atomic E-state index is 12.8. The zero-order chi connectivity index (χ0) is 16.4. The summed E-state index contributed by atoms with van der Waals surface area (Å²) in [5.74, 6) is 0.337. The highest BCUT2D eigenvalue weighted by Gasteiger charge is 2.25. The average molecular weight is 348 g/mol. The van der Waals surface area contributed by atoms with Crippen LogP contribution in [0.1, 0.15) is 5.01 Å². The van der Waals surface area contributed by atoms with Gasteiger partial charge in [0.15, 0.2) is 0 Å². The van der Waals surface area contributed by atoms with Crippen molar-refractivity contribution in [3.63, 3.8) is 0 Å². The molecular formula is C16H16N2O3S2. The fourth-order valence-electron chi connectivity index (χ4n) is 2.26. The number of methoxy groups -OCH3 is 1. The van der Waals surface area contributed by atoms with Gasteiger partial charge in [0.05, 0.1) is 23.9 Å². The minimum atomic E-state index is -3.64. The smallest absolute Gasteiger partial charge is 0.246 e. The van der Waals surface area contributed by atoms with Gasteiger partial charge in [0.1, 0.15) is 15.7 Å². The Bertz CT molecular complexity index is 902. The Kier molecular flexibility index (Phi) is 4.34. The van der Waals surface area contributed by atoms with E-state index in [0.29, 0.717) is 5.75 Å². The van der Waals surface area contributed by atoms with Crippen molar-refractivity contribution in [3.05, 3.63) is 53.5 Å². The van der Waals surface area contributed by atoms with Gasteiger partial charge in [-0.2, -0.15) is 4.31 Å². The van der Waals surface area contributed by atoms with Crippen molar-refractivity contribution in [2.24, 2.45) is 0 Å². The summed E-state index contributed by atoms with van der Waals surface area (Å²) >= 11 is 1.50. The Morgan fingerprint density at radius 1 is 1.13 bits per heavy atom. The first kappa shape index (κ1) is 15.9.